The first-order valence-electron chi connectivity index (χ1n) is 5.85. The van der Waals surface area contributed by atoms with Crippen LogP contribution in [0.3, 0.4) is 0 Å². The van der Waals surface area contributed by atoms with Crippen LogP contribution in [0.25, 0.3) is 0 Å². The third kappa shape index (κ3) is 2.41. The maximum atomic E-state index is 10.7. The third-order valence-electron chi connectivity index (χ3n) is 3.01. The van der Waals surface area contributed by atoms with Gasteiger partial charge < -0.3 is 21.9 Å². The second-order valence-electron chi connectivity index (χ2n) is 5.54. The zero-order valence-electron chi connectivity index (χ0n) is 11.1. The predicted molar refractivity (Wildman–Crippen MR) is 78.4 cm³/mol. The van der Waals surface area contributed by atoms with Crippen molar-refractivity contribution in [2.24, 2.45) is 0 Å². The lowest BCUT2D eigenvalue weighted by Gasteiger charge is -2.49. The highest BCUT2D eigenvalue weighted by Gasteiger charge is 2.45. The Morgan fingerprint density at radius 3 is 2.32 bits per heavy atom. The number of hydrogen-bond donors (Lipinski definition) is 4. The fourth-order valence-electron chi connectivity index (χ4n) is 2.50. The maximum Gasteiger partial charge on any atom is 0.176 e. The minimum Gasteiger partial charge on any atom is -0.382 e. The van der Waals surface area contributed by atoms with Crippen LogP contribution >= 0.6 is 12.2 Å². The van der Waals surface area contributed by atoms with Crippen molar-refractivity contribution in [2.45, 2.75) is 38.5 Å². The van der Waals surface area contributed by atoms with E-state index >= 15 is 0 Å². The third-order valence-corrected chi connectivity index (χ3v) is 3.29. The van der Waals surface area contributed by atoms with Gasteiger partial charge in [0.05, 0.1) is 0 Å². The van der Waals surface area contributed by atoms with E-state index in [1.54, 1.807) is 6.92 Å². The molecule has 7 nitrogen and oxygen atoms in total. The second-order valence-corrected chi connectivity index (χ2v) is 5.92. The van der Waals surface area contributed by atoms with E-state index in [4.69, 9.17) is 23.7 Å². The lowest BCUT2D eigenvalue weighted by molar-refractivity contribution is 0.0279. The van der Waals surface area contributed by atoms with Crippen molar-refractivity contribution in [1.29, 1.82) is 0 Å². The van der Waals surface area contributed by atoms with Crippen LogP contribution in [0.4, 0.5) is 17.3 Å². The van der Waals surface area contributed by atoms with E-state index in [0.29, 0.717) is 17.2 Å². The summed E-state index contributed by atoms with van der Waals surface area (Å²) in [6.45, 7) is 5.58. The first-order chi connectivity index (χ1) is 8.64. The lowest BCUT2D eigenvalue weighted by atomic mass is 9.90. The number of rotatable bonds is 1. The van der Waals surface area contributed by atoms with Crippen molar-refractivity contribution < 1.29 is 5.11 Å². The smallest absolute Gasteiger partial charge is 0.176 e. The summed E-state index contributed by atoms with van der Waals surface area (Å²) < 4.78 is 0. The first kappa shape index (κ1) is 13.8. The summed E-state index contributed by atoms with van der Waals surface area (Å²) >= 11 is 5.31. The topological polar surface area (TPSA) is 113 Å². The molecule has 1 aromatic heterocycles. The van der Waals surface area contributed by atoms with Gasteiger partial charge in [-0.15, -0.1) is 0 Å². The van der Waals surface area contributed by atoms with Gasteiger partial charge in [-0.1, -0.05) is 0 Å². The number of anilines is 3. The number of nitrogens with zero attached hydrogens (tertiary/aromatic N) is 3. The van der Waals surface area contributed by atoms with Crippen molar-refractivity contribution in [3.63, 3.8) is 0 Å². The normalized spacial score (nSPS) is 26.1. The van der Waals surface area contributed by atoms with Crippen molar-refractivity contribution in [2.75, 3.05) is 16.4 Å². The molecule has 1 fully saturated rings. The number of nitrogens with one attached hydrogen (secondary N) is 1. The average Bonchev–Trinajstić information content (AvgIpc) is 2.18. The van der Waals surface area contributed by atoms with E-state index < -0.39 is 5.72 Å². The van der Waals surface area contributed by atoms with Crippen LogP contribution in [0, 0.1) is 0 Å². The average molecular weight is 282 g/mol. The summed E-state index contributed by atoms with van der Waals surface area (Å²) in [5.74, 6) is 0.355. The Hall–Kier alpha value is -1.67. The fourth-order valence-corrected chi connectivity index (χ4v) is 3.07. The molecule has 19 heavy (non-hydrogen) atoms. The molecular weight excluding hydrogens is 264 g/mol. The molecule has 1 atom stereocenters. The van der Waals surface area contributed by atoms with Gasteiger partial charge in [-0.25, -0.2) is 9.97 Å². The van der Waals surface area contributed by atoms with E-state index in [-0.39, 0.29) is 17.2 Å². The van der Waals surface area contributed by atoms with Crippen LogP contribution in [0.1, 0.15) is 27.2 Å². The van der Waals surface area contributed by atoms with E-state index in [1.165, 1.54) is 11.2 Å². The number of nitrogens with two attached hydrogens (primary N) is 2. The van der Waals surface area contributed by atoms with E-state index in [0.717, 1.165) is 0 Å². The van der Waals surface area contributed by atoms with Gasteiger partial charge in [0.2, 0.25) is 0 Å². The number of hydrogen-bond acceptors (Lipinski definition) is 6. The van der Waals surface area contributed by atoms with Crippen LogP contribution in [0.15, 0.2) is 6.33 Å². The molecule has 6 N–H and O–H groups in total. The van der Waals surface area contributed by atoms with E-state index in [9.17, 15) is 5.11 Å². The number of aromatic nitrogens is 2. The Balaban J connectivity index is 2.52. The molecule has 8 heteroatoms. The number of nitrogen functional groups attached to an aromatic ring is 2. The zero-order chi connectivity index (χ0) is 14.4. The summed E-state index contributed by atoms with van der Waals surface area (Å²) in [7, 11) is 0. The van der Waals surface area contributed by atoms with Crippen LogP contribution < -0.4 is 21.7 Å². The molecule has 2 rings (SSSR count). The molecule has 1 aromatic rings. The van der Waals surface area contributed by atoms with Crippen LogP contribution in [-0.4, -0.2) is 31.5 Å². The molecule has 1 aliphatic heterocycles. The Morgan fingerprint density at radius 1 is 1.32 bits per heavy atom. The molecule has 1 unspecified atom stereocenters. The highest BCUT2D eigenvalue weighted by molar-refractivity contribution is 7.80. The molecular formula is C11H18N6OS. The van der Waals surface area contributed by atoms with Crippen molar-refractivity contribution in [3.05, 3.63) is 6.33 Å². The molecule has 0 bridgehead atoms. The lowest BCUT2D eigenvalue weighted by Crippen LogP contribution is -2.67. The van der Waals surface area contributed by atoms with E-state index in [1.807, 2.05) is 13.8 Å². The largest absolute Gasteiger partial charge is 0.382 e. The zero-order valence-corrected chi connectivity index (χ0v) is 12.0. The fraction of sp³-hybridized carbons (Fsp3) is 0.545. The Morgan fingerprint density at radius 2 is 1.84 bits per heavy atom. The Bertz CT molecular complexity index is 510. The molecule has 1 aliphatic rings. The monoisotopic (exact) mass is 282 g/mol. The summed E-state index contributed by atoms with van der Waals surface area (Å²) in [5.41, 5.74) is 10.5. The van der Waals surface area contributed by atoms with Gasteiger partial charge in [0.1, 0.15) is 17.7 Å². The van der Waals surface area contributed by atoms with Gasteiger partial charge >= 0.3 is 0 Å². The van der Waals surface area contributed by atoms with Crippen molar-refractivity contribution in [3.8, 4) is 0 Å². The molecule has 0 aromatic carbocycles. The summed E-state index contributed by atoms with van der Waals surface area (Å²) in [5, 5.41) is 14.2. The summed E-state index contributed by atoms with van der Waals surface area (Å²) in [6, 6.07) is 0. The Labute approximate surface area is 117 Å². The number of aliphatic hydroxyl groups is 1. The molecule has 0 spiro atoms. The van der Waals surface area contributed by atoms with Crippen molar-refractivity contribution in [1.82, 2.24) is 15.3 Å². The van der Waals surface area contributed by atoms with Crippen LogP contribution in [0.2, 0.25) is 0 Å². The molecule has 104 valence electrons. The predicted octanol–water partition coefficient (Wildman–Crippen LogP) is 0.213. The molecule has 0 amide bonds. The maximum absolute atomic E-state index is 10.7. The van der Waals surface area contributed by atoms with Gasteiger partial charge in [-0.3, -0.25) is 4.90 Å². The van der Waals surface area contributed by atoms with Crippen LogP contribution in [0.5, 0.6) is 0 Å². The minimum atomic E-state index is -1.22. The highest BCUT2D eigenvalue weighted by atomic mass is 32.1. The van der Waals surface area contributed by atoms with Crippen molar-refractivity contribution >= 4 is 34.7 Å². The van der Waals surface area contributed by atoms with Gasteiger partial charge in [0.15, 0.2) is 16.7 Å². The molecule has 2 heterocycles. The first-order valence-corrected chi connectivity index (χ1v) is 6.25. The molecule has 1 saturated heterocycles. The number of thiocarbonyl (C=S) groups is 1. The highest BCUT2D eigenvalue weighted by Crippen LogP contribution is 2.37. The van der Waals surface area contributed by atoms with E-state index in [2.05, 4.69) is 15.3 Å². The van der Waals surface area contributed by atoms with Gasteiger partial charge in [-0.2, -0.15) is 0 Å². The molecule has 0 aliphatic carbocycles. The standard InChI is InChI=1S/C11H18N6OS/c1-10(2)4-11(3,18)17(9(19)16-10)6-7(12)14-5-15-8(6)13/h5,18H,4H2,1-3H3,(H,16,19)(H4,12,13,14,15). The summed E-state index contributed by atoms with van der Waals surface area (Å²) in [6.07, 6.45) is 1.71. The minimum absolute atomic E-state index is 0.177. The SMILES string of the molecule is CC1(C)CC(C)(O)N(c2c(N)ncnc2N)C(=S)N1. The summed E-state index contributed by atoms with van der Waals surface area (Å²) in [4.78, 5) is 9.27. The van der Waals surface area contributed by atoms with Gasteiger partial charge in [0, 0.05) is 12.0 Å². The van der Waals surface area contributed by atoms with Gasteiger partial charge in [-0.05, 0) is 33.0 Å². The van der Waals surface area contributed by atoms with Crippen LogP contribution in [-0.2, 0) is 0 Å². The Kier molecular flexibility index (Phi) is 3.02. The second kappa shape index (κ2) is 4.17. The van der Waals surface area contributed by atoms with Gasteiger partial charge in [0.25, 0.3) is 0 Å². The quantitative estimate of drug-likeness (QED) is 0.541. The molecule has 0 radical (unpaired) electrons. The molecule has 0 saturated carbocycles.